The highest BCUT2D eigenvalue weighted by molar-refractivity contribution is 5.96. The normalized spacial score (nSPS) is 19.9. The summed E-state index contributed by atoms with van der Waals surface area (Å²) in [7, 11) is 0. The fraction of sp³-hybridized carbons (Fsp3) is 0.758. The summed E-state index contributed by atoms with van der Waals surface area (Å²) >= 11 is 0. The third-order valence-corrected chi connectivity index (χ3v) is 8.08. The lowest BCUT2D eigenvalue weighted by atomic mass is 9.99. The van der Waals surface area contributed by atoms with Crippen molar-refractivity contribution in [2.45, 2.75) is 104 Å². The molecule has 10 nitrogen and oxygen atoms in total. The third-order valence-electron chi connectivity index (χ3n) is 8.08. The standard InChI is InChI=1S/C16H24N2O3.C9H13NO3.C8H14O/c1-16(2,3)21-15(19)18-9-8-14(17-18)20-10-13(11-4-5-11)12-6-7-12;1-9(2,3)13-8(12)10-5-4-7(11)6-10;9-5-8(6-1-2-6)7-3-4-7/h8-9,11-13H,4-7,10H2,1-3H3;4-5H,6H2,1-3H3;6-9H,1-5H2. The van der Waals surface area contributed by atoms with Gasteiger partial charge in [0.25, 0.3) is 0 Å². The molecule has 1 N–H and O–H groups in total. The van der Waals surface area contributed by atoms with Gasteiger partial charge >= 0.3 is 12.2 Å². The van der Waals surface area contributed by atoms with Crippen LogP contribution in [0.4, 0.5) is 9.59 Å². The van der Waals surface area contributed by atoms with Gasteiger partial charge in [-0.05, 0) is 134 Å². The molecule has 2 heterocycles. The Bertz CT molecular complexity index is 1110. The SMILES string of the molecule is CC(C)(C)OC(=O)N1C=CC(=O)C1.CC(C)(C)OC(=O)n1ccc(OCC(C2CC2)C2CC2)n1.OCC(C1CC1)C1CC1. The summed E-state index contributed by atoms with van der Waals surface area (Å²) in [5, 5.41) is 13.1. The van der Waals surface area contributed by atoms with Crippen LogP contribution in [-0.4, -0.2) is 68.7 Å². The Labute approximate surface area is 256 Å². The van der Waals surface area contributed by atoms with Crippen molar-refractivity contribution in [3.8, 4) is 5.88 Å². The molecule has 5 aliphatic rings. The largest absolute Gasteiger partial charge is 0.476 e. The molecule has 4 fully saturated rings. The molecule has 1 amide bonds. The highest BCUT2D eigenvalue weighted by Crippen LogP contribution is 2.49. The van der Waals surface area contributed by atoms with Crippen LogP contribution >= 0.6 is 0 Å². The number of carbonyl (C=O) groups is 3. The van der Waals surface area contributed by atoms with Gasteiger partial charge in [-0.1, -0.05) is 0 Å². The number of nitrogens with zero attached hydrogens (tertiary/aromatic N) is 3. The van der Waals surface area contributed by atoms with Crippen LogP contribution in [0.3, 0.4) is 0 Å². The van der Waals surface area contributed by atoms with Crippen molar-refractivity contribution in [3.63, 3.8) is 0 Å². The lowest BCUT2D eigenvalue weighted by Gasteiger charge is -2.22. The van der Waals surface area contributed by atoms with Gasteiger partial charge in [0, 0.05) is 25.1 Å². The average molecular weight is 602 g/mol. The summed E-state index contributed by atoms with van der Waals surface area (Å²) < 4.78 is 17.3. The first kappa shape index (κ1) is 33.0. The molecule has 6 rings (SSSR count). The van der Waals surface area contributed by atoms with E-state index in [-0.39, 0.29) is 12.3 Å². The van der Waals surface area contributed by atoms with Crippen molar-refractivity contribution in [2.75, 3.05) is 19.8 Å². The molecule has 240 valence electrons. The first-order valence-corrected chi connectivity index (χ1v) is 16.0. The topological polar surface area (TPSA) is 120 Å². The lowest BCUT2D eigenvalue weighted by Crippen LogP contribution is -2.33. The first-order chi connectivity index (χ1) is 20.2. The molecule has 1 aliphatic heterocycles. The Balaban J connectivity index is 0.000000163. The minimum absolute atomic E-state index is 0.0779. The quantitative estimate of drug-likeness (QED) is 0.373. The van der Waals surface area contributed by atoms with Crippen LogP contribution in [-0.2, 0) is 14.3 Å². The predicted octanol–water partition coefficient (Wildman–Crippen LogP) is 6.22. The maximum Gasteiger partial charge on any atom is 0.435 e. The molecular formula is C33H51N3O7. The Morgan fingerprint density at radius 1 is 0.860 bits per heavy atom. The monoisotopic (exact) mass is 601 g/mol. The number of ketones is 1. The number of ether oxygens (including phenoxy) is 3. The molecule has 0 bridgehead atoms. The van der Waals surface area contributed by atoms with Gasteiger partial charge in [-0.25, -0.2) is 9.59 Å². The number of aliphatic hydroxyl groups is 1. The van der Waals surface area contributed by atoms with Gasteiger partial charge in [0.2, 0.25) is 5.88 Å². The number of carbonyl (C=O) groups excluding carboxylic acids is 3. The zero-order chi connectivity index (χ0) is 31.4. The van der Waals surface area contributed by atoms with E-state index in [2.05, 4.69) is 5.10 Å². The number of aromatic nitrogens is 2. The minimum atomic E-state index is -0.521. The Hall–Kier alpha value is -2.88. The van der Waals surface area contributed by atoms with Crippen LogP contribution < -0.4 is 4.74 Å². The molecule has 4 saturated carbocycles. The second kappa shape index (κ2) is 13.8. The number of amides is 1. The van der Waals surface area contributed by atoms with Crippen LogP contribution in [0.25, 0.3) is 0 Å². The number of hydrogen-bond donors (Lipinski definition) is 1. The second-order valence-corrected chi connectivity index (χ2v) is 14.6. The molecule has 0 spiro atoms. The van der Waals surface area contributed by atoms with Crippen molar-refractivity contribution in [2.24, 2.45) is 35.5 Å². The maximum atomic E-state index is 11.9. The van der Waals surface area contributed by atoms with E-state index in [1.54, 1.807) is 33.0 Å². The summed E-state index contributed by atoms with van der Waals surface area (Å²) in [6, 6.07) is 1.72. The number of aliphatic hydroxyl groups excluding tert-OH is 1. The van der Waals surface area contributed by atoms with E-state index in [1.165, 1.54) is 73.2 Å². The van der Waals surface area contributed by atoms with Crippen molar-refractivity contribution in [3.05, 3.63) is 24.5 Å². The van der Waals surface area contributed by atoms with Gasteiger partial charge in [-0.3, -0.25) is 9.69 Å². The molecule has 43 heavy (non-hydrogen) atoms. The smallest absolute Gasteiger partial charge is 0.435 e. The van der Waals surface area contributed by atoms with Gasteiger partial charge in [0.1, 0.15) is 11.2 Å². The van der Waals surface area contributed by atoms with Crippen molar-refractivity contribution in [1.29, 1.82) is 0 Å². The minimum Gasteiger partial charge on any atom is -0.476 e. The molecular weight excluding hydrogens is 550 g/mol. The van der Waals surface area contributed by atoms with Crippen LogP contribution in [0.15, 0.2) is 24.5 Å². The van der Waals surface area contributed by atoms with E-state index in [9.17, 15) is 14.4 Å². The summed E-state index contributed by atoms with van der Waals surface area (Å²) in [5.41, 5.74) is -1.04. The average Bonchev–Trinajstić information content (AvgIpc) is 3.72. The van der Waals surface area contributed by atoms with E-state index in [0.29, 0.717) is 24.3 Å². The molecule has 0 radical (unpaired) electrons. The van der Waals surface area contributed by atoms with Gasteiger partial charge in [0.15, 0.2) is 5.78 Å². The van der Waals surface area contributed by atoms with E-state index in [4.69, 9.17) is 19.3 Å². The van der Waals surface area contributed by atoms with Crippen LogP contribution in [0.5, 0.6) is 5.88 Å². The Morgan fingerprint density at radius 2 is 1.35 bits per heavy atom. The van der Waals surface area contributed by atoms with Crippen LogP contribution in [0.2, 0.25) is 0 Å². The van der Waals surface area contributed by atoms with Gasteiger partial charge in [0.05, 0.1) is 13.2 Å². The predicted molar refractivity (Wildman–Crippen MR) is 161 cm³/mol. The van der Waals surface area contributed by atoms with Gasteiger partial charge < -0.3 is 19.3 Å². The molecule has 10 heteroatoms. The highest BCUT2D eigenvalue weighted by Gasteiger charge is 2.42. The molecule has 1 aromatic heterocycles. The van der Waals surface area contributed by atoms with E-state index in [1.807, 2.05) is 20.8 Å². The Kier molecular flexibility index (Phi) is 10.6. The summed E-state index contributed by atoms with van der Waals surface area (Å²) in [4.78, 5) is 35.2. The van der Waals surface area contributed by atoms with Gasteiger partial charge in [-0.15, -0.1) is 5.10 Å². The molecule has 0 aromatic carbocycles. The van der Waals surface area contributed by atoms with Crippen molar-refractivity contribution >= 4 is 18.0 Å². The van der Waals surface area contributed by atoms with Crippen molar-refractivity contribution in [1.82, 2.24) is 14.7 Å². The van der Waals surface area contributed by atoms with E-state index >= 15 is 0 Å². The van der Waals surface area contributed by atoms with Crippen LogP contribution in [0, 0.1) is 35.5 Å². The number of hydrogen-bond acceptors (Lipinski definition) is 8. The fourth-order valence-electron chi connectivity index (χ4n) is 5.31. The Morgan fingerprint density at radius 3 is 1.77 bits per heavy atom. The third kappa shape index (κ3) is 11.6. The first-order valence-electron chi connectivity index (χ1n) is 16.0. The van der Waals surface area contributed by atoms with Crippen molar-refractivity contribution < 1.29 is 33.7 Å². The zero-order valence-electron chi connectivity index (χ0n) is 26.8. The molecule has 0 unspecified atom stereocenters. The molecule has 4 aliphatic carbocycles. The van der Waals surface area contributed by atoms with E-state index < -0.39 is 23.4 Å². The van der Waals surface area contributed by atoms with Gasteiger partial charge in [-0.2, -0.15) is 4.68 Å². The highest BCUT2D eigenvalue weighted by atomic mass is 16.6. The zero-order valence-corrected chi connectivity index (χ0v) is 26.8. The van der Waals surface area contributed by atoms with Crippen LogP contribution in [0.1, 0.15) is 92.9 Å². The molecule has 1 aromatic rings. The summed E-state index contributed by atoms with van der Waals surface area (Å²) in [6.07, 6.45) is 14.4. The summed E-state index contributed by atoms with van der Waals surface area (Å²) in [6.45, 7) is 12.1. The fourth-order valence-corrected chi connectivity index (χ4v) is 5.31. The molecule has 0 atom stereocenters. The maximum absolute atomic E-state index is 11.9. The molecule has 0 saturated heterocycles. The lowest BCUT2D eigenvalue weighted by molar-refractivity contribution is -0.114. The van der Waals surface area contributed by atoms with E-state index in [0.717, 1.165) is 30.3 Å². The second-order valence-electron chi connectivity index (χ2n) is 14.6. The summed E-state index contributed by atoms with van der Waals surface area (Å²) in [5.74, 6) is 5.35. The number of rotatable bonds is 8.